The molecule has 1 heterocycles. The second-order valence-electron chi connectivity index (χ2n) is 5.94. The molecule has 1 fully saturated rings. The molecular formula is C17H21F3N2O3. The lowest BCUT2D eigenvalue weighted by Crippen LogP contribution is -2.42. The molecule has 2 rings (SSSR count). The number of hydrogen-bond donors (Lipinski definition) is 1. The number of alkyl halides is 3. The lowest BCUT2D eigenvalue weighted by atomic mass is 9.96. The summed E-state index contributed by atoms with van der Waals surface area (Å²) in [6.07, 6.45) is -4.12. The fourth-order valence-corrected chi connectivity index (χ4v) is 2.73. The molecule has 1 N–H and O–H groups in total. The summed E-state index contributed by atoms with van der Waals surface area (Å²) >= 11 is 0. The van der Waals surface area contributed by atoms with Gasteiger partial charge >= 0.3 is 12.1 Å². The second kappa shape index (κ2) is 8.33. The van der Waals surface area contributed by atoms with Crippen molar-refractivity contribution in [2.45, 2.75) is 25.9 Å². The number of piperidine rings is 1. The summed E-state index contributed by atoms with van der Waals surface area (Å²) in [5, 5.41) is 2.67. The molecule has 5 nitrogen and oxygen atoms in total. The Balaban J connectivity index is 1.80. The van der Waals surface area contributed by atoms with Gasteiger partial charge in [0.1, 0.15) is 0 Å². The third-order valence-corrected chi connectivity index (χ3v) is 4.10. The van der Waals surface area contributed by atoms with Crippen molar-refractivity contribution in [2.24, 2.45) is 5.92 Å². The zero-order valence-electron chi connectivity index (χ0n) is 13.9. The average molecular weight is 358 g/mol. The first-order valence-electron chi connectivity index (χ1n) is 8.15. The molecule has 1 aromatic rings. The lowest BCUT2D eigenvalue weighted by molar-refractivity contribution is -0.184. The molecule has 0 atom stereocenters. The quantitative estimate of drug-likeness (QED) is 0.822. The van der Waals surface area contributed by atoms with Crippen LogP contribution >= 0.6 is 0 Å². The molecule has 0 bridgehead atoms. The molecule has 1 saturated heterocycles. The van der Waals surface area contributed by atoms with Gasteiger partial charge in [0.2, 0.25) is 5.91 Å². The molecule has 0 aromatic heterocycles. The van der Waals surface area contributed by atoms with Crippen LogP contribution in [0.1, 0.15) is 30.1 Å². The number of esters is 1. The van der Waals surface area contributed by atoms with Crippen LogP contribution < -0.4 is 5.32 Å². The Morgan fingerprint density at radius 1 is 1.20 bits per heavy atom. The van der Waals surface area contributed by atoms with Gasteiger partial charge in [-0.05, 0) is 57.1 Å². The Kier molecular flexibility index (Phi) is 6.41. The van der Waals surface area contributed by atoms with Crippen molar-refractivity contribution in [2.75, 3.05) is 31.6 Å². The first-order valence-corrected chi connectivity index (χ1v) is 8.15. The van der Waals surface area contributed by atoms with E-state index in [4.69, 9.17) is 4.74 Å². The van der Waals surface area contributed by atoms with Crippen LogP contribution in [0, 0.1) is 5.92 Å². The van der Waals surface area contributed by atoms with E-state index >= 15 is 0 Å². The Bertz CT molecular complexity index is 594. The molecule has 0 radical (unpaired) electrons. The molecule has 1 aromatic carbocycles. The fraction of sp³-hybridized carbons (Fsp3) is 0.529. The van der Waals surface area contributed by atoms with Crippen LogP contribution in [0.5, 0.6) is 0 Å². The minimum Gasteiger partial charge on any atom is -0.462 e. The second-order valence-corrected chi connectivity index (χ2v) is 5.94. The lowest BCUT2D eigenvalue weighted by Gasteiger charge is -2.32. The minimum atomic E-state index is -4.16. The highest BCUT2D eigenvalue weighted by Crippen LogP contribution is 2.33. The number of amides is 1. The van der Waals surface area contributed by atoms with Crippen LogP contribution in [-0.2, 0) is 9.53 Å². The fourth-order valence-electron chi connectivity index (χ4n) is 2.73. The first-order chi connectivity index (χ1) is 11.8. The molecule has 138 valence electrons. The highest BCUT2D eigenvalue weighted by Gasteiger charge is 2.41. The summed E-state index contributed by atoms with van der Waals surface area (Å²) in [4.78, 5) is 25.3. The number of anilines is 1. The Labute approximate surface area is 144 Å². The SMILES string of the molecule is CCOC(=O)c1ccc(NC(=O)CN2CCC(C(F)(F)F)CC2)cc1. The van der Waals surface area contributed by atoms with Gasteiger partial charge in [-0.2, -0.15) is 13.2 Å². The van der Waals surface area contributed by atoms with Crippen LogP contribution in [0.3, 0.4) is 0 Å². The van der Waals surface area contributed by atoms with Gasteiger partial charge in [-0.1, -0.05) is 0 Å². The van der Waals surface area contributed by atoms with E-state index in [1.807, 2.05) is 0 Å². The van der Waals surface area contributed by atoms with Crippen molar-refractivity contribution in [3.05, 3.63) is 29.8 Å². The molecule has 8 heteroatoms. The van der Waals surface area contributed by atoms with Crippen LogP contribution in [0.4, 0.5) is 18.9 Å². The molecule has 1 amide bonds. The zero-order valence-corrected chi connectivity index (χ0v) is 13.9. The van der Waals surface area contributed by atoms with Crippen molar-refractivity contribution in [1.29, 1.82) is 0 Å². The highest BCUT2D eigenvalue weighted by molar-refractivity contribution is 5.94. The number of rotatable bonds is 5. The predicted molar refractivity (Wildman–Crippen MR) is 86.2 cm³/mol. The number of carbonyl (C=O) groups excluding carboxylic acids is 2. The standard InChI is InChI=1S/C17H21F3N2O3/c1-2-25-16(24)12-3-5-14(6-4-12)21-15(23)11-22-9-7-13(8-10-22)17(18,19)20/h3-6,13H,2,7-11H2,1H3,(H,21,23). The van der Waals surface area contributed by atoms with Crippen molar-refractivity contribution < 1.29 is 27.5 Å². The number of hydrogen-bond acceptors (Lipinski definition) is 4. The maximum absolute atomic E-state index is 12.6. The van der Waals surface area contributed by atoms with Crippen molar-refractivity contribution >= 4 is 17.6 Å². The monoisotopic (exact) mass is 358 g/mol. The first kappa shape index (κ1) is 19.2. The van der Waals surface area contributed by atoms with E-state index in [1.54, 1.807) is 36.1 Å². The van der Waals surface area contributed by atoms with E-state index in [-0.39, 0.29) is 45.0 Å². The Morgan fingerprint density at radius 3 is 2.32 bits per heavy atom. The van der Waals surface area contributed by atoms with Crippen molar-refractivity contribution in [1.82, 2.24) is 4.90 Å². The Morgan fingerprint density at radius 2 is 1.80 bits per heavy atom. The van der Waals surface area contributed by atoms with Gasteiger partial charge in [0, 0.05) is 5.69 Å². The molecule has 0 unspecified atom stereocenters. The van der Waals surface area contributed by atoms with Crippen molar-refractivity contribution in [3.8, 4) is 0 Å². The van der Waals surface area contributed by atoms with E-state index in [0.717, 1.165) is 0 Å². The van der Waals surface area contributed by atoms with Crippen LogP contribution in [0.15, 0.2) is 24.3 Å². The molecule has 0 saturated carbocycles. The van der Waals surface area contributed by atoms with E-state index in [9.17, 15) is 22.8 Å². The molecule has 0 aliphatic carbocycles. The summed E-state index contributed by atoms with van der Waals surface area (Å²) in [6, 6.07) is 6.25. The summed E-state index contributed by atoms with van der Waals surface area (Å²) in [7, 11) is 0. The normalized spacial score (nSPS) is 16.5. The molecular weight excluding hydrogens is 337 g/mol. The number of halogens is 3. The molecule has 0 spiro atoms. The van der Waals surface area contributed by atoms with Gasteiger partial charge in [-0.25, -0.2) is 4.79 Å². The van der Waals surface area contributed by atoms with Gasteiger partial charge in [0.05, 0.1) is 24.6 Å². The third-order valence-electron chi connectivity index (χ3n) is 4.10. The van der Waals surface area contributed by atoms with Crippen molar-refractivity contribution in [3.63, 3.8) is 0 Å². The van der Waals surface area contributed by atoms with Crippen LogP contribution in [0.2, 0.25) is 0 Å². The zero-order chi connectivity index (χ0) is 18.4. The number of nitrogens with one attached hydrogen (secondary N) is 1. The van der Waals surface area contributed by atoms with Gasteiger partial charge in [0.15, 0.2) is 0 Å². The van der Waals surface area contributed by atoms with Gasteiger partial charge < -0.3 is 10.1 Å². The van der Waals surface area contributed by atoms with E-state index < -0.39 is 18.1 Å². The number of carbonyl (C=O) groups is 2. The number of likely N-dealkylation sites (tertiary alicyclic amines) is 1. The largest absolute Gasteiger partial charge is 0.462 e. The molecule has 25 heavy (non-hydrogen) atoms. The smallest absolute Gasteiger partial charge is 0.391 e. The van der Waals surface area contributed by atoms with Gasteiger partial charge in [-0.3, -0.25) is 9.69 Å². The van der Waals surface area contributed by atoms with E-state index in [1.165, 1.54) is 0 Å². The maximum atomic E-state index is 12.6. The van der Waals surface area contributed by atoms with Gasteiger partial charge in [-0.15, -0.1) is 0 Å². The summed E-state index contributed by atoms with van der Waals surface area (Å²) in [5.74, 6) is -2.01. The number of nitrogens with zero attached hydrogens (tertiary/aromatic N) is 1. The molecule has 1 aliphatic rings. The van der Waals surface area contributed by atoms with Gasteiger partial charge in [0.25, 0.3) is 0 Å². The predicted octanol–water partition coefficient (Wildman–Crippen LogP) is 3.08. The van der Waals surface area contributed by atoms with E-state index in [0.29, 0.717) is 11.3 Å². The average Bonchev–Trinajstić information content (AvgIpc) is 2.55. The minimum absolute atomic E-state index is 0.0189. The number of ether oxygens (including phenoxy) is 1. The Hall–Kier alpha value is -2.09. The van der Waals surface area contributed by atoms with Crippen LogP contribution in [-0.4, -0.2) is 49.2 Å². The maximum Gasteiger partial charge on any atom is 0.391 e. The number of benzene rings is 1. The summed E-state index contributed by atoms with van der Waals surface area (Å²) in [5.41, 5.74) is 0.900. The van der Waals surface area contributed by atoms with Crippen LogP contribution in [0.25, 0.3) is 0 Å². The third kappa shape index (κ3) is 5.74. The van der Waals surface area contributed by atoms with E-state index in [2.05, 4.69) is 5.32 Å². The molecule has 1 aliphatic heterocycles. The highest BCUT2D eigenvalue weighted by atomic mass is 19.4. The summed E-state index contributed by atoms with van der Waals surface area (Å²) in [6.45, 7) is 2.54. The summed E-state index contributed by atoms with van der Waals surface area (Å²) < 4.78 is 42.7. The topological polar surface area (TPSA) is 58.6 Å².